The van der Waals surface area contributed by atoms with Crippen LogP contribution in [0.5, 0.6) is 0 Å². The summed E-state index contributed by atoms with van der Waals surface area (Å²) < 4.78 is 0. The van der Waals surface area contributed by atoms with Gasteiger partial charge in [-0.25, -0.2) is 4.98 Å². The van der Waals surface area contributed by atoms with E-state index in [1.807, 2.05) is 0 Å². The van der Waals surface area contributed by atoms with Crippen molar-refractivity contribution < 1.29 is 0 Å². The Kier molecular flexibility index (Phi) is 3.86. The molecule has 3 nitrogen and oxygen atoms in total. The Morgan fingerprint density at radius 3 is 3.05 bits per heavy atom. The van der Waals surface area contributed by atoms with Crippen molar-refractivity contribution >= 4 is 27.2 Å². The highest BCUT2D eigenvalue weighted by molar-refractivity contribution is 7.19. The van der Waals surface area contributed by atoms with Gasteiger partial charge in [0.15, 0.2) is 0 Å². The Morgan fingerprint density at radius 2 is 2.33 bits per heavy atom. The van der Waals surface area contributed by atoms with Gasteiger partial charge in [-0.05, 0) is 49.1 Å². The normalized spacial score (nSPS) is 17.9. The Morgan fingerprint density at radius 1 is 1.52 bits per heavy atom. The van der Waals surface area contributed by atoms with Crippen LogP contribution in [-0.2, 0) is 12.8 Å². The van der Waals surface area contributed by atoms with Gasteiger partial charge in [-0.2, -0.15) is 5.26 Å². The summed E-state index contributed by atoms with van der Waals surface area (Å²) in [5.41, 5.74) is 9.23. The van der Waals surface area contributed by atoms with Crippen molar-refractivity contribution in [3.05, 3.63) is 22.2 Å². The third kappa shape index (κ3) is 2.75. The van der Waals surface area contributed by atoms with Gasteiger partial charge < -0.3 is 5.73 Å². The van der Waals surface area contributed by atoms with Gasteiger partial charge in [0.2, 0.25) is 0 Å². The Balaban J connectivity index is 1.90. The molecule has 2 heterocycles. The summed E-state index contributed by atoms with van der Waals surface area (Å²) in [7, 11) is 0. The molecule has 0 radical (unpaired) electrons. The predicted octanol–water partition coefficient (Wildman–Crippen LogP) is 4.29. The van der Waals surface area contributed by atoms with E-state index in [2.05, 4.69) is 26.0 Å². The second-order valence-corrected chi connectivity index (χ2v) is 7.48. The monoisotopic (exact) mass is 299 g/mol. The summed E-state index contributed by atoms with van der Waals surface area (Å²) in [6, 6.07) is 4.36. The smallest absolute Gasteiger partial charge is 0.130 e. The van der Waals surface area contributed by atoms with Crippen molar-refractivity contribution in [2.24, 2.45) is 11.8 Å². The van der Waals surface area contributed by atoms with E-state index in [0.717, 1.165) is 34.9 Å². The van der Waals surface area contributed by atoms with Crippen molar-refractivity contribution in [2.75, 3.05) is 5.73 Å². The van der Waals surface area contributed by atoms with Crippen LogP contribution in [0.4, 0.5) is 5.69 Å². The van der Waals surface area contributed by atoms with Crippen molar-refractivity contribution in [3.63, 3.8) is 0 Å². The lowest BCUT2D eigenvalue weighted by Crippen LogP contribution is -2.16. The number of hydrogen-bond acceptors (Lipinski definition) is 4. The first kappa shape index (κ1) is 14.3. The molecule has 0 saturated carbocycles. The van der Waals surface area contributed by atoms with Crippen LogP contribution in [0.25, 0.3) is 10.2 Å². The van der Waals surface area contributed by atoms with E-state index < -0.39 is 0 Å². The molecule has 110 valence electrons. The van der Waals surface area contributed by atoms with Crippen molar-refractivity contribution in [3.8, 4) is 6.07 Å². The first-order chi connectivity index (χ1) is 10.1. The van der Waals surface area contributed by atoms with Crippen LogP contribution in [0.15, 0.2) is 6.07 Å². The summed E-state index contributed by atoms with van der Waals surface area (Å²) in [6.45, 7) is 4.58. The van der Waals surface area contributed by atoms with Gasteiger partial charge in [0.25, 0.3) is 0 Å². The van der Waals surface area contributed by atoms with E-state index in [4.69, 9.17) is 16.0 Å². The summed E-state index contributed by atoms with van der Waals surface area (Å²) in [5, 5.41) is 10.1. The summed E-state index contributed by atoms with van der Waals surface area (Å²) >= 11 is 1.41. The number of aromatic nitrogens is 1. The van der Waals surface area contributed by atoms with Crippen molar-refractivity contribution in [1.82, 2.24) is 4.98 Å². The maximum absolute atomic E-state index is 9.10. The quantitative estimate of drug-likeness (QED) is 0.919. The number of rotatable bonds is 3. The molecule has 0 bridgehead atoms. The molecule has 3 rings (SSSR count). The highest BCUT2D eigenvalue weighted by atomic mass is 32.1. The molecule has 0 aliphatic heterocycles. The Labute approximate surface area is 129 Å². The van der Waals surface area contributed by atoms with Crippen LogP contribution < -0.4 is 5.73 Å². The Bertz CT molecular complexity index is 709. The lowest BCUT2D eigenvalue weighted by atomic mass is 9.82. The number of aryl methyl sites for hydroxylation is 1. The molecule has 0 spiro atoms. The molecule has 2 aromatic heterocycles. The van der Waals surface area contributed by atoms with Crippen LogP contribution in [0, 0.1) is 23.2 Å². The summed E-state index contributed by atoms with van der Waals surface area (Å²) in [4.78, 5) is 6.28. The summed E-state index contributed by atoms with van der Waals surface area (Å²) in [5.74, 6) is 1.55. The maximum atomic E-state index is 9.10. The molecule has 0 amide bonds. The SMILES string of the molecule is CC(C)CCC1CCc2nc3sc(C#N)c(N)c3cc2C1. The number of anilines is 1. The molecule has 1 unspecified atom stereocenters. The maximum Gasteiger partial charge on any atom is 0.130 e. The number of nitrogen functional groups attached to an aromatic ring is 1. The fourth-order valence-corrected chi connectivity index (χ4v) is 4.06. The van der Waals surface area contributed by atoms with E-state index in [1.165, 1.54) is 41.9 Å². The first-order valence-electron chi connectivity index (χ1n) is 7.69. The van der Waals surface area contributed by atoms with Gasteiger partial charge in [0.05, 0.1) is 5.69 Å². The fraction of sp³-hybridized carbons (Fsp3) is 0.529. The van der Waals surface area contributed by atoms with Gasteiger partial charge in [-0.15, -0.1) is 11.3 Å². The highest BCUT2D eigenvalue weighted by Crippen LogP contribution is 2.36. The van der Waals surface area contributed by atoms with Crippen LogP contribution >= 0.6 is 11.3 Å². The van der Waals surface area contributed by atoms with Crippen LogP contribution in [-0.4, -0.2) is 4.98 Å². The average Bonchev–Trinajstić information content (AvgIpc) is 2.78. The number of nitrogens with two attached hydrogens (primary N) is 1. The zero-order valence-electron chi connectivity index (χ0n) is 12.6. The third-order valence-corrected chi connectivity index (χ3v) is 5.46. The molecule has 1 atom stereocenters. The lowest BCUT2D eigenvalue weighted by Gasteiger charge is -2.24. The van der Waals surface area contributed by atoms with Gasteiger partial charge >= 0.3 is 0 Å². The lowest BCUT2D eigenvalue weighted by molar-refractivity contribution is 0.382. The van der Waals surface area contributed by atoms with E-state index in [0.29, 0.717) is 10.6 Å². The molecular formula is C17H21N3S. The van der Waals surface area contributed by atoms with E-state index in [-0.39, 0.29) is 0 Å². The zero-order valence-corrected chi connectivity index (χ0v) is 13.5. The number of pyridine rings is 1. The first-order valence-corrected chi connectivity index (χ1v) is 8.51. The minimum atomic E-state index is 0.594. The van der Waals surface area contributed by atoms with Crippen molar-refractivity contribution in [1.29, 1.82) is 5.26 Å². The molecule has 1 aliphatic carbocycles. The molecule has 4 heteroatoms. The van der Waals surface area contributed by atoms with Crippen LogP contribution in [0.2, 0.25) is 0 Å². The molecular weight excluding hydrogens is 278 g/mol. The van der Waals surface area contributed by atoms with Crippen molar-refractivity contribution in [2.45, 2.75) is 46.0 Å². The van der Waals surface area contributed by atoms with E-state index in [1.54, 1.807) is 0 Å². The molecule has 1 aliphatic rings. The predicted molar refractivity (Wildman–Crippen MR) is 88.3 cm³/mol. The van der Waals surface area contributed by atoms with Gasteiger partial charge in [-0.3, -0.25) is 0 Å². The van der Waals surface area contributed by atoms with Crippen LogP contribution in [0.3, 0.4) is 0 Å². The second-order valence-electron chi connectivity index (χ2n) is 6.48. The molecule has 0 fully saturated rings. The zero-order chi connectivity index (χ0) is 15.0. The largest absolute Gasteiger partial charge is 0.396 e. The number of nitrogens with zero attached hydrogens (tertiary/aromatic N) is 2. The molecule has 2 N–H and O–H groups in total. The second kappa shape index (κ2) is 5.65. The number of thiophene rings is 1. The van der Waals surface area contributed by atoms with E-state index in [9.17, 15) is 0 Å². The molecule has 21 heavy (non-hydrogen) atoms. The third-order valence-electron chi connectivity index (χ3n) is 4.44. The topological polar surface area (TPSA) is 62.7 Å². The molecule has 0 saturated heterocycles. The van der Waals surface area contributed by atoms with Crippen LogP contribution in [0.1, 0.15) is 49.2 Å². The van der Waals surface area contributed by atoms with Gasteiger partial charge in [0, 0.05) is 11.1 Å². The van der Waals surface area contributed by atoms with Gasteiger partial charge in [0.1, 0.15) is 15.8 Å². The minimum Gasteiger partial charge on any atom is -0.396 e. The van der Waals surface area contributed by atoms with E-state index >= 15 is 0 Å². The summed E-state index contributed by atoms with van der Waals surface area (Å²) in [6.07, 6.45) is 6.02. The number of hydrogen-bond donors (Lipinski definition) is 1. The Hall–Kier alpha value is -1.60. The fourth-order valence-electron chi connectivity index (χ4n) is 3.16. The van der Waals surface area contributed by atoms with Gasteiger partial charge in [-0.1, -0.05) is 20.3 Å². The average molecular weight is 299 g/mol. The number of nitriles is 1. The minimum absolute atomic E-state index is 0.594. The molecule has 2 aromatic rings. The number of fused-ring (bicyclic) bond motifs is 2. The molecule has 0 aromatic carbocycles. The standard InChI is InChI=1S/C17H21N3S/c1-10(2)3-4-11-5-6-14-12(7-11)8-13-16(19)15(9-18)21-17(13)20-14/h8,10-11H,3-7,19H2,1-2H3. The highest BCUT2D eigenvalue weighted by Gasteiger charge is 2.22.